The van der Waals surface area contributed by atoms with Gasteiger partial charge in [0.2, 0.25) is 0 Å². The Morgan fingerprint density at radius 2 is 1.91 bits per heavy atom. The minimum atomic E-state index is -1.03. The van der Waals surface area contributed by atoms with Crippen molar-refractivity contribution >= 4 is 17.5 Å². The van der Waals surface area contributed by atoms with E-state index in [4.69, 9.17) is 5.11 Å². The zero-order valence-corrected chi connectivity index (χ0v) is 12.4. The van der Waals surface area contributed by atoms with Gasteiger partial charge in [-0.15, -0.1) is 0 Å². The van der Waals surface area contributed by atoms with Crippen molar-refractivity contribution in [3.8, 4) is 6.07 Å². The van der Waals surface area contributed by atoms with E-state index in [1.807, 2.05) is 11.0 Å². The fraction of sp³-hybridized carbons (Fsp3) is 0.250. The largest absolute Gasteiger partial charge is 0.477 e. The summed E-state index contributed by atoms with van der Waals surface area (Å²) in [4.78, 5) is 23.4. The minimum absolute atomic E-state index is 0.0453. The van der Waals surface area contributed by atoms with Gasteiger partial charge in [0.15, 0.2) is 5.69 Å². The molecule has 1 aliphatic rings. The van der Waals surface area contributed by atoms with Gasteiger partial charge < -0.3 is 14.9 Å². The van der Waals surface area contributed by atoms with E-state index in [9.17, 15) is 10.1 Å². The first-order valence-corrected chi connectivity index (χ1v) is 7.23. The monoisotopic (exact) mass is 309 g/mol. The molecule has 0 amide bonds. The normalized spacial score (nSPS) is 14.4. The molecular formula is C16H15N5O2. The van der Waals surface area contributed by atoms with E-state index in [-0.39, 0.29) is 5.69 Å². The second kappa shape index (κ2) is 6.32. The average Bonchev–Trinajstić information content (AvgIpc) is 2.62. The molecule has 3 heterocycles. The van der Waals surface area contributed by atoms with Crippen LogP contribution in [0.25, 0.3) is 0 Å². The molecule has 23 heavy (non-hydrogen) atoms. The number of nitriles is 1. The molecule has 7 heteroatoms. The highest BCUT2D eigenvalue weighted by Crippen LogP contribution is 2.21. The van der Waals surface area contributed by atoms with Crippen molar-refractivity contribution in [3.63, 3.8) is 0 Å². The molecule has 0 saturated carbocycles. The van der Waals surface area contributed by atoms with E-state index in [0.29, 0.717) is 24.5 Å². The highest BCUT2D eigenvalue weighted by Gasteiger charge is 2.21. The van der Waals surface area contributed by atoms with Gasteiger partial charge in [0.25, 0.3) is 0 Å². The van der Waals surface area contributed by atoms with Crippen LogP contribution in [0.4, 0.5) is 11.5 Å². The number of hydrogen-bond donors (Lipinski definition) is 1. The number of piperazine rings is 1. The summed E-state index contributed by atoms with van der Waals surface area (Å²) in [6, 6.07) is 8.89. The number of carboxylic acid groups (broad SMARTS) is 1. The Hall–Kier alpha value is -3.14. The van der Waals surface area contributed by atoms with Crippen LogP contribution >= 0.6 is 0 Å². The van der Waals surface area contributed by atoms with Crippen LogP contribution in [0.3, 0.4) is 0 Å². The first kappa shape index (κ1) is 14.8. The van der Waals surface area contributed by atoms with Gasteiger partial charge in [0, 0.05) is 32.4 Å². The highest BCUT2D eigenvalue weighted by molar-refractivity contribution is 5.85. The quantitative estimate of drug-likeness (QED) is 0.915. The van der Waals surface area contributed by atoms with Crippen LogP contribution in [0.5, 0.6) is 0 Å². The van der Waals surface area contributed by atoms with Crippen molar-refractivity contribution in [1.82, 2.24) is 9.97 Å². The predicted octanol–water partition coefficient (Wildman–Crippen LogP) is 1.37. The molecule has 0 radical (unpaired) electrons. The third-order valence-corrected chi connectivity index (χ3v) is 3.82. The molecule has 0 aliphatic carbocycles. The lowest BCUT2D eigenvalue weighted by Crippen LogP contribution is -2.47. The number of carboxylic acids is 1. The van der Waals surface area contributed by atoms with E-state index < -0.39 is 5.97 Å². The molecule has 0 atom stereocenters. The van der Waals surface area contributed by atoms with Crippen molar-refractivity contribution in [1.29, 1.82) is 5.26 Å². The predicted molar refractivity (Wildman–Crippen MR) is 84.6 cm³/mol. The number of carbonyl (C=O) groups is 1. The van der Waals surface area contributed by atoms with E-state index in [1.165, 1.54) is 6.07 Å². The smallest absolute Gasteiger partial charge is 0.354 e. The van der Waals surface area contributed by atoms with Crippen LogP contribution in [-0.2, 0) is 0 Å². The Morgan fingerprint density at radius 3 is 2.61 bits per heavy atom. The van der Waals surface area contributed by atoms with Crippen molar-refractivity contribution in [3.05, 3.63) is 47.9 Å². The number of pyridine rings is 2. The maximum atomic E-state index is 11.0. The SMILES string of the molecule is N#Cc1ccncc1N1CCN(c2cccc(C(=O)O)n2)CC1. The lowest BCUT2D eigenvalue weighted by Gasteiger charge is -2.36. The van der Waals surface area contributed by atoms with E-state index in [0.717, 1.165) is 18.8 Å². The minimum Gasteiger partial charge on any atom is -0.477 e. The molecule has 0 unspecified atom stereocenters. The standard InChI is InChI=1S/C16H15N5O2/c17-10-12-4-5-18-11-14(12)20-6-8-21(9-7-20)15-3-1-2-13(19-15)16(22)23/h1-5,11H,6-9H2,(H,22,23). The van der Waals surface area contributed by atoms with Gasteiger partial charge in [0.05, 0.1) is 17.4 Å². The Morgan fingerprint density at radius 1 is 1.17 bits per heavy atom. The van der Waals surface area contributed by atoms with Crippen LogP contribution in [0.15, 0.2) is 36.7 Å². The second-order valence-electron chi connectivity index (χ2n) is 5.16. The van der Waals surface area contributed by atoms with Gasteiger partial charge in [-0.1, -0.05) is 6.07 Å². The molecule has 1 fully saturated rings. The van der Waals surface area contributed by atoms with Crippen LogP contribution in [0.2, 0.25) is 0 Å². The third kappa shape index (κ3) is 3.06. The Kier molecular flexibility index (Phi) is 4.06. The number of aromatic nitrogens is 2. The summed E-state index contributed by atoms with van der Waals surface area (Å²) in [6.45, 7) is 2.85. The van der Waals surface area contributed by atoms with Crippen molar-refractivity contribution < 1.29 is 9.90 Å². The summed E-state index contributed by atoms with van der Waals surface area (Å²) in [7, 11) is 0. The van der Waals surface area contributed by atoms with Crippen molar-refractivity contribution in [2.75, 3.05) is 36.0 Å². The topological polar surface area (TPSA) is 93.4 Å². The molecule has 1 saturated heterocycles. The van der Waals surface area contributed by atoms with Crippen LogP contribution in [0.1, 0.15) is 16.1 Å². The van der Waals surface area contributed by atoms with Gasteiger partial charge in [0.1, 0.15) is 11.9 Å². The van der Waals surface area contributed by atoms with Crippen LogP contribution in [0, 0.1) is 11.3 Å². The second-order valence-corrected chi connectivity index (χ2v) is 5.16. The van der Waals surface area contributed by atoms with Gasteiger partial charge in [-0.3, -0.25) is 4.98 Å². The Bertz CT molecular complexity index is 763. The molecule has 0 aromatic carbocycles. The lowest BCUT2D eigenvalue weighted by atomic mass is 10.2. The summed E-state index contributed by atoms with van der Waals surface area (Å²) in [6.07, 6.45) is 3.32. The molecule has 1 aliphatic heterocycles. The van der Waals surface area contributed by atoms with Crippen molar-refractivity contribution in [2.24, 2.45) is 0 Å². The van der Waals surface area contributed by atoms with Crippen molar-refractivity contribution in [2.45, 2.75) is 0 Å². The number of nitrogens with zero attached hydrogens (tertiary/aromatic N) is 5. The van der Waals surface area contributed by atoms with Gasteiger partial charge in [-0.05, 0) is 18.2 Å². The van der Waals surface area contributed by atoms with Gasteiger partial charge >= 0.3 is 5.97 Å². The Balaban J connectivity index is 1.73. The number of rotatable bonds is 3. The zero-order chi connectivity index (χ0) is 16.2. The third-order valence-electron chi connectivity index (χ3n) is 3.82. The molecule has 1 N–H and O–H groups in total. The fourth-order valence-corrected chi connectivity index (χ4v) is 2.63. The van der Waals surface area contributed by atoms with Crippen LogP contribution in [-0.4, -0.2) is 47.2 Å². The molecule has 2 aromatic rings. The molecule has 7 nitrogen and oxygen atoms in total. The summed E-state index contributed by atoms with van der Waals surface area (Å²) in [5, 5.41) is 18.2. The first-order valence-electron chi connectivity index (χ1n) is 7.23. The number of aromatic carboxylic acids is 1. The van der Waals surface area contributed by atoms with E-state index in [1.54, 1.807) is 24.5 Å². The summed E-state index contributed by atoms with van der Waals surface area (Å²) < 4.78 is 0. The molecule has 2 aromatic heterocycles. The van der Waals surface area contributed by atoms with E-state index >= 15 is 0 Å². The summed E-state index contributed by atoms with van der Waals surface area (Å²) >= 11 is 0. The summed E-state index contributed by atoms with van der Waals surface area (Å²) in [5.74, 6) is -0.365. The first-order chi connectivity index (χ1) is 11.2. The molecule has 0 spiro atoms. The van der Waals surface area contributed by atoms with E-state index in [2.05, 4.69) is 20.9 Å². The highest BCUT2D eigenvalue weighted by atomic mass is 16.4. The molecular weight excluding hydrogens is 294 g/mol. The number of hydrogen-bond acceptors (Lipinski definition) is 6. The summed E-state index contributed by atoms with van der Waals surface area (Å²) in [5.41, 5.74) is 1.49. The number of anilines is 2. The van der Waals surface area contributed by atoms with Crippen LogP contribution < -0.4 is 9.80 Å². The van der Waals surface area contributed by atoms with Gasteiger partial charge in [-0.25, -0.2) is 9.78 Å². The molecule has 0 bridgehead atoms. The lowest BCUT2D eigenvalue weighted by molar-refractivity contribution is 0.0690. The van der Waals surface area contributed by atoms with Gasteiger partial charge in [-0.2, -0.15) is 5.26 Å². The molecule has 116 valence electrons. The molecule has 3 rings (SSSR count). The average molecular weight is 309 g/mol. The maximum Gasteiger partial charge on any atom is 0.354 e. The maximum absolute atomic E-state index is 11.0. The Labute approximate surface area is 133 Å². The fourth-order valence-electron chi connectivity index (χ4n) is 2.63. The zero-order valence-electron chi connectivity index (χ0n) is 12.4.